The molecular weight excluding hydrogens is 426 g/mol. The summed E-state index contributed by atoms with van der Waals surface area (Å²) in [6, 6.07) is 13.4. The second-order valence-electron chi connectivity index (χ2n) is 8.51. The topological polar surface area (TPSA) is 78.5 Å². The van der Waals surface area contributed by atoms with Crippen LogP contribution >= 0.6 is 11.6 Å². The summed E-state index contributed by atoms with van der Waals surface area (Å²) in [5.41, 5.74) is 1.31. The molecule has 6 nitrogen and oxygen atoms in total. The van der Waals surface area contributed by atoms with E-state index >= 15 is 0 Å². The van der Waals surface area contributed by atoms with Gasteiger partial charge >= 0.3 is 0 Å². The number of hydrogen-bond donors (Lipinski definition) is 2. The molecule has 1 saturated heterocycles. The minimum atomic E-state index is -0.439. The number of halogens is 1. The summed E-state index contributed by atoms with van der Waals surface area (Å²) in [5, 5.41) is 6.32. The van der Waals surface area contributed by atoms with E-state index in [0.29, 0.717) is 34.8 Å². The molecule has 32 heavy (non-hydrogen) atoms. The number of amides is 3. The van der Waals surface area contributed by atoms with Gasteiger partial charge in [-0.25, -0.2) is 0 Å². The molecule has 2 aliphatic rings. The number of likely N-dealkylation sites (tertiary alicyclic amines) is 1. The van der Waals surface area contributed by atoms with Crippen molar-refractivity contribution < 1.29 is 14.4 Å². The molecule has 0 bridgehead atoms. The van der Waals surface area contributed by atoms with E-state index in [0.717, 1.165) is 32.1 Å². The molecule has 2 aromatic rings. The summed E-state index contributed by atoms with van der Waals surface area (Å²) in [6.07, 6.45) is 7.02. The van der Waals surface area contributed by atoms with E-state index in [9.17, 15) is 14.4 Å². The quantitative estimate of drug-likeness (QED) is 0.691. The van der Waals surface area contributed by atoms with Crippen LogP contribution in [0.4, 0.5) is 5.69 Å². The maximum atomic E-state index is 13.2. The molecule has 0 aromatic heterocycles. The Morgan fingerprint density at radius 3 is 2.47 bits per heavy atom. The number of anilines is 1. The first kappa shape index (κ1) is 22.3. The fourth-order valence-corrected chi connectivity index (χ4v) is 4.79. The maximum Gasteiger partial charge on any atom is 0.257 e. The van der Waals surface area contributed by atoms with E-state index in [-0.39, 0.29) is 23.8 Å². The number of nitrogens with zero attached hydrogens (tertiary/aromatic N) is 1. The average molecular weight is 454 g/mol. The Kier molecular flexibility index (Phi) is 7.10. The Morgan fingerprint density at radius 2 is 1.69 bits per heavy atom. The highest BCUT2D eigenvalue weighted by Gasteiger charge is 2.35. The minimum Gasteiger partial charge on any atom is -0.352 e. The summed E-state index contributed by atoms with van der Waals surface area (Å²) in [4.78, 5) is 40.3. The largest absolute Gasteiger partial charge is 0.352 e. The highest BCUT2D eigenvalue weighted by molar-refractivity contribution is 6.34. The first-order valence-corrected chi connectivity index (χ1v) is 11.7. The van der Waals surface area contributed by atoms with Crippen LogP contribution in [0.5, 0.6) is 0 Å². The minimum absolute atomic E-state index is 0.0501. The van der Waals surface area contributed by atoms with Crippen LogP contribution in [0.15, 0.2) is 48.5 Å². The van der Waals surface area contributed by atoms with Crippen LogP contribution in [-0.4, -0.2) is 41.2 Å². The molecule has 1 unspecified atom stereocenters. The zero-order valence-electron chi connectivity index (χ0n) is 18.0. The van der Waals surface area contributed by atoms with E-state index in [1.807, 2.05) is 0 Å². The Bertz CT molecular complexity index is 1000. The third kappa shape index (κ3) is 5.13. The van der Waals surface area contributed by atoms with Crippen molar-refractivity contribution in [2.75, 3.05) is 11.9 Å². The van der Waals surface area contributed by atoms with E-state index in [4.69, 9.17) is 11.6 Å². The predicted molar refractivity (Wildman–Crippen MR) is 125 cm³/mol. The van der Waals surface area contributed by atoms with Gasteiger partial charge in [0.25, 0.3) is 11.8 Å². The maximum absolute atomic E-state index is 13.2. The van der Waals surface area contributed by atoms with Crippen LogP contribution in [-0.2, 0) is 4.79 Å². The van der Waals surface area contributed by atoms with Gasteiger partial charge in [0.15, 0.2) is 0 Å². The van der Waals surface area contributed by atoms with Gasteiger partial charge in [0, 0.05) is 23.8 Å². The van der Waals surface area contributed by atoms with Crippen LogP contribution in [0.1, 0.15) is 65.7 Å². The van der Waals surface area contributed by atoms with Gasteiger partial charge in [-0.15, -0.1) is 0 Å². The zero-order valence-corrected chi connectivity index (χ0v) is 18.7. The number of benzene rings is 2. The van der Waals surface area contributed by atoms with Crippen LogP contribution in [0.25, 0.3) is 0 Å². The van der Waals surface area contributed by atoms with Gasteiger partial charge in [-0.1, -0.05) is 49.1 Å². The summed E-state index contributed by atoms with van der Waals surface area (Å²) in [5.74, 6) is -0.586. The van der Waals surface area contributed by atoms with Gasteiger partial charge in [-0.2, -0.15) is 0 Å². The standard InChI is InChI=1S/C25H28ClN3O3/c26-21-13-5-4-12-20(21)23(30)28-19-11-6-8-17(16-19)25(32)29-15-7-14-22(29)24(31)27-18-9-2-1-3-10-18/h4-6,8,11-13,16,18,22H,1-3,7,9-10,14-15H2,(H,27,31)(H,28,30). The summed E-state index contributed by atoms with van der Waals surface area (Å²) >= 11 is 6.11. The molecule has 2 fully saturated rings. The fourth-order valence-electron chi connectivity index (χ4n) is 4.57. The van der Waals surface area contributed by atoms with Crippen molar-refractivity contribution >= 4 is 35.0 Å². The van der Waals surface area contributed by atoms with E-state index in [1.165, 1.54) is 6.42 Å². The van der Waals surface area contributed by atoms with Crippen molar-refractivity contribution in [3.05, 3.63) is 64.7 Å². The number of rotatable bonds is 5. The fraction of sp³-hybridized carbons (Fsp3) is 0.400. The van der Waals surface area contributed by atoms with Crippen molar-refractivity contribution in [2.24, 2.45) is 0 Å². The molecule has 1 aliphatic heterocycles. The molecule has 1 aliphatic carbocycles. The molecule has 1 atom stereocenters. The third-order valence-corrected chi connectivity index (χ3v) is 6.58. The van der Waals surface area contributed by atoms with Crippen molar-refractivity contribution in [1.82, 2.24) is 10.2 Å². The lowest BCUT2D eigenvalue weighted by Gasteiger charge is -2.28. The van der Waals surface area contributed by atoms with Gasteiger partial charge in [0.05, 0.1) is 10.6 Å². The van der Waals surface area contributed by atoms with Gasteiger partial charge in [-0.05, 0) is 56.0 Å². The molecule has 0 spiro atoms. The van der Waals surface area contributed by atoms with Crippen LogP contribution in [0, 0.1) is 0 Å². The summed E-state index contributed by atoms with van der Waals surface area (Å²) in [6.45, 7) is 0.553. The molecule has 168 valence electrons. The van der Waals surface area contributed by atoms with Crippen molar-refractivity contribution in [1.29, 1.82) is 0 Å². The van der Waals surface area contributed by atoms with Crippen LogP contribution < -0.4 is 10.6 Å². The van der Waals surface area contributed by atoms with E-state index < -0.39 is 6.04 Å². The highest BCUT2D eigenvalue weighted by Crippen LogP contribution is 2.24. The first-order chi connectivity index (χ1) is 15.5. The molecule has 4 rings (SSSR count). The van der Waals surface area contributed by atoms with E-state index in [2.05, 4.69) is 10.6 Å². The first-order valence-electron chi connectivity index (χ1n) is 11.3. The number of carbonyl (C=O) groups excluding carboxylic acids is 3. The molecule has 0 radical (unpaired) electrons. The highest BCUT2D eigenvalue weighted by atomic mass is 35.5. The second kappa shape index (κ2) is 10.2. The van der Waals surface area contributed by atoms with Crippen molar-refractivity contribution in [2.45, 2.75) is 57.0 Å². The lowest BCUT2D eigenvalue weighted by Crippen LogP contribution is -2.49. The normalized spacial score (nSPS) is 18.9. The van der Waals surface area contributed by atoms with Crippen LogP contribution in [0.2, 0.25) is 5.02 Å². The van der Waals surface area contributed by atoms with Crippen LogP contribution in [0.3, 0.4) is 0 Å². The lowest BCUT2D eigenvalue weighted by atomic mass is 9.95. The second-order valence-corrected chi connectivity index (χ2v) is 8.92. The Balaban J connectivity index is 1.44. The number of hydrogen-bond acceptors (Lipinski definition) is 3. The summed E-state index contributed by atoms with van der Waals surface area (Å²) < 4.78 is 0. The van der Waals surface area contributed by atoms with E-state index in [1.54, 1.807) is 53.4 Å². The third-order valence-electron chi connectivity index (χ3n) is 6.25. The van der Waals surface area contributed by atoms with Gasteiger partial charge in [-0.3, -0.25) is 14.4 Å². The smallest absolute Gasteiger partial charge is 0.257 e. The molecule has 2 aromatic carbocycles. The summed E-state index contributed by atoms with van der Waals surface area (Å²) in [7, 11) is 0. The van der Waals surface area contributed by atoms with Gasteiger partial charge in [0.2, 0.25) is 5.91 Å². The molecule has 1 saturated carbocycles. The van der Waals surface area contributed by atoms with Gasteiger partial charge in [0.1, 0.15) is 6.04 Å². The molecule has 7 heteroatoms. The van der Waals surface area contributed by atoms with Crippen molar-refractivity contribution in [3.63, 3.8) is 0 Å². The van der Waals surface area contributed by atoms with Gasteiger partial charge < -0.3 is 15.5 Å². The zero-order chi connectivity index (χ0) is 22.5. The molecular formula is C25H28ClN3O3. The molecule has 3 amide bonds. The Hall–Kier alpha value is -2.86. The predicted octanol–water partition coefficient (Wildman–Crippen LogP) is 4.65. The monoisotopic (exact) mass is 453 g/mol. The Labute approximate surface area is 193 Å². The average Bonchev–Trinajstić information content (AvgIpc) is 3.30. The Morgan fingerprint density at radius 1 is 0.906 bits per heavy atom. The number of nitrogens with one attached hydrogen (secondary N) is 2. The molecule has 2 N–H and O–H groups in total. The SMILES string of the molecule is O=C(Nc1cccc(C(=O)N2CCCC2C(=O)NC2CCCCC2)c1)c1ccccc1Cl. The molecule has 1 heterocycles. The van der Waals surface area contributed by atoms with Crippen molar-refractivity contribution in [3.8, 4) is 0 Å². The lowest BCUT2D eigenvalue weighted by molar-refractivity contribution is -0.125. The number of carbonyl (C=O) groups is 3.